The van der Waals surface area contributed by atoms with E-state index >= 15 is 0 Å². The molecule has 1 heterocycles. The Morgan fingerprint density at radius 3 is 2.52 bits per heavy atom. The van der Waals surface area contributed by atoms with Crippen LogP contribution in [0.5, 0.6) is 0 Å². The number of furan rings is 1. The fraction of sp³-hybridized carbons (Fsp3) is 0.389. The smallest absolute Gasteiger partial charge is 0.335 e. The molecule has 1 aromatic carbocycles. The second-order valence-electron chi connectivity index (χ2n) is 5.88. The maximum absolute atomic E-state index is 10.9. The summed E-state index contributed by atoms with van der Waals surface area (Å²) in [5, 5.41) is 12.3. The lowest BCUT2D eigenvalue weighted by Gasteiger charge is -2.18. The van der Waals surface area contributed by atoms with E-state index in [-0.39, 0.29) is 11.6 Å². The van der Waals surface area contributed by atoms with Crippen molar-refractivity contribution in [2.24, 2.45) is 5.92 Å². The molecule has 0 fully saturated rings. The Balaban J connectivity index is 1.93. The van der Waals surface area contributed by atoms with Gasteiger partial charge in [-0.2, -0.15) is 0 Å². The van der Waals surface area contributed by atoms with Crippen molar-refractivity contribution in [2.75, 3.05) is 13.2 Å². The Hall–Kier alpha value is -2.11. The molecule has 0 aliphatic rings. The van der Waals surface area contributed by atoms with Crippen LogP contribution in [0.25, 0.3) is 0 Å². The predicted molar refractivity (Wildman–Crippen MR) is 87.3 cm³/mol. The first-order chi connectivity index (χ1) is 11.1. The van der Waals surface area contributed by atoms with Gasteiger partial charge in [-0.15, -0.1) is 0 Å². The average Bonchev–Trinajstić information content (AvgIpc) is 3.05. The van der Waals surface area contributed by atoms with Crippen LogP contribution >= 0.6 is 0 Å². The third-order valence-electron chi connectivity index (χ3n) is 3.38. The summed E-state index contributed by atoms with van der Waals surface area (Å²) < 4.78 is 11.2. The minimum Gasteiger partial charge on any atom is -0.478 e. The Bertz CT molecular complexity index is 590. The molecule has 5 heteroatoms. The molecule has 2 aromatic rings. The summed E-state index contributed by atoms with van der Waals surface area (Å²) in [6.45, 7) is 6.06. The van der Waals surface area contributed by atoms with Crippen molar-refractivity contribution in [1.82, 2.24) is 5.32 Å². The molecule has 1 unspecified atom stereocenters. The highest BCUT2D eigenvalue weighted by Gasteiger charge is 2.14. The highest BCUT2D eigenvalue weighted by Crippen LogP contribution is 2.15. The summed E-state index contributed by atoms with van der Waals surface area (Å²) in [6, 6.07) is 10.6. The van der Waals surface area contributed by atoms with Crippen molar-refractivity contribution < 1.29 is 19.1 Å². The predicted octanol–water partition coefficient (Wildman–Crippen LogP) is 3.48. The second-order valence-corrected chi connectivity index (χ2v) is 5.88. The molecule has 23 heavy (non-hydrogen) atoms. The molecule has 2 rings (SSSR count). The topological polar surface area (TPSA) is 71.7 Å². The SMILES string of the molecule is CC(C)COCC(NCc1ccc(C(=O)O)cc1)c1ccco1. The number of carboxylic acid groups (broad SMARTS) is 1. The molecule has 2 N–H and O–H groups in total. The lowest BCUT2D eigenvalue weighted by Crippen LogP contribution is -2.25. The molecule has 0 aliphatic carbocycles. The monoisotopic (exact) mass is 317 g/mol. The molecule has 0 saturated heterocycles. The highest BCUT2D eigenvalue weighted by molar-refractivity contribution is 5.87. The van der Waals surface area contributed by atoms with Gasteiger partial charge >= 0.3 is 5.97 Å². The van der Waals surface area contributed by atoms with E-state index < -0.39 is 5.97 Å². The Morgan fingerprint density at radius 1 is 1.22 bits per heavy atom. The first-order valence-corrected chi connectivity index (χ1v) is 7.73. The van der Waals surface area contributed by atoms with Gasteiger partial charge in [-0.1, -0.05) is 26.0 Å². The first kappa shape index (κ1) is 17.2. The summed E-state index contributed by atoms with van der Waals surface area (Å²) in [5.74, 6) is 0.395. The van der Waals surface area contributed by atoms with Gasteiger partial charge in [-0.05, 0) is 35.7 Å². The van der Waals surface area contributed by atoms with E-state index in [2.05, 4.69) is 19.2 Å². The number of hydrogen-bond acceptors (Lipinski definition) is 4. The normalized spacial score (nSPS) is 12.5. The molecule has 0 saturated carbocycles. The van der Waals surface area contributed by atoms with Crippen LogP contribution in [0.1, 0.15) is 41.6 Å². The Morgan fingerprint density at radius 2 is 1.96 bits per heavy atom. The van der Waals surface area contributed by atoms with Crippen molar-refractivity contribution in [3.05, 3.63) is 59.5 Å². The zero-order chi connectivity index (χ0) is 16.7. The minimum atomic E-state index is -0.917. The number of carbonyl (C=O) groups is 1. The molecule has 1 aromatic heterocycles. The largest absolute Gasteiger partial charge is 0.478 e. The first-order valence-electron chi connectivity index (χ1n) is 7.73. The Kier molecular flexibility index (Phi) is 6.38. The van der Waals surface area contributed by atoms with E-state index in [0.29, 0.717) is 25.7 Å². The molecular weight excluding hydrogens is 294 g/mol. The van der Waals surface area contributed by atoms with Gasteiger partial charge in [0.2, 0.25) is 0 Å². The molecule has 124 valence electrons. The van der Waals surface area contributed by atoms with Crippen molar-refractivity contribution in [1.29, 1.82) is 0 Å². The molecule has 5 nitrogen and oxygen atoms in total. The van der Waals surface area contributed by atoms with Crippen LogP contribution in [0.15, 0.2) is 47.1 Å². The van der Waals surface area contributed by atoms with E-state index in [0.717, 1.165) is 11.3 Å². The van der Waals surface area contributed by atoms with Crippen LogP contribution in [0, 0.1) is 5.92 Å². The van der Waals surface area contributed by atoms with Crippen LogP contribution in [0.4, 0.5) is 0 Å². The van der Waals surface area contributed by atoms with Crippen LogP contribution in [0.3, 0.4) is 0 Å². The van der Waals surface area contributed by atoms with E-state index in [4.69, 9.17) is 14.3 Å². The lowest BCUT2D eigenvalue weighted by atomic mass is 10.1. The number of nitrogens with one attached hydrogen (secondary N) is 1. The third-order valence-corrected chi connectivity index (χ3v) is 3.38. The fourth-order valence-electron chi connectivity index (χ4n) is 2.16. The van der Waals surface area contributed by atoms with E-state index in [9.17, 15) is 4.79 Å². The van der Waals surface area contributed by atoms with E-state index in [1.54, 1.807) is 18.4 Å². The molecule has 0 bridgehead atoms. The second kappa shape index (κ2) is 8.50. The number of ether oxygens (including phenoxy) is 1. The van der Waals surface area contributed by atoms with Gasteiger partial charge in [0.25, 0.3) is 0 Å². The van der Waals surface area contributed by atoms with Crippen molar-refractivity contribution in [3.8, 4) is 0 Å². The van der Waals surface area contributed by atoms with E-state index in [1.807, 2.05) is 24.3 Å². The van der Waals surface area contributed by atoms with Gasteiger partial charge < -0.3 is 19.6 Å². The van der Waals surface area contributed by atoms with Crippen molar-refractivity contribution >= 4 is 5.97 Å². The molecule has 1 atom stereocenters. The quantitative estimate of drug-likeness (QED) is 0.741. The van der Waals surface area contributed by atoms with Gasteiger partial charge in [0, 0.05) is 13.2 Å². The maximum atomic E-state index is 10.9. The van der Waals surface area contributed by atoms with Gasteiger partial charge in [-0.3, -0.25) is 0 Å². The van der Waals surface area contributed by atoms with Crippen molar-refractivity contribution in [3.63, 3.8) is 0 Å². The summed E-state index contributed by atoms with van der Waals surface area (Å²) in [4.78, 5) is 10.9. The average molecular weight is 317 g/mol. The van der Waals surface area contributed by atoms with Crippen LogP contribution < -0.4 is 5.32 Å². The van der Waals surface area contributed by atoms with Crippen molar-refractivity contribution in [2.45, 2.75) is 26.4 Å². The lowest BCUT2D eigenvalue weighted by molar-refractivity contribution is 0.0697. The number of carboxylic acids is 1. The van der Waals surface area contributed by atoms with Crippen LogP contribution in [0.2, 0.25) is 0 Å². The van der Waals surface area contributed by atoms with Gasteiger partial charge in [-0.25, -0.2) is 4.79 Å². The number of rotatable bonds is 9. The molecule has 0 aliphatic heterocycles. The van der Waals surface area contributed by atoms with Gasteiger partial charge in [0.1, 0.15) is 5.76 Å². The zero-order valence-corrected chi connectivity index (χ0v) is 13.5. The molecule has 0 spiro atoms. The fourth-order valence-corrected chi connectivity index (χ4v) is 2.16. The van der Waals surface area contributed by atoms with Gasteiger partial charge in [0.15, 0.2) is 0 Å². The molecule has 0 radical (unpaired) electrons. The Labute approximate surface area is 136 Å². The van der Waals surface area contributed by atoms with Gasteiger partial charge in [0.05, 0.1) is 24.5 Å². The summed E-state index contributed by atoms with van der Waals surface area (Å²) in [6.07, 6.45) is 1.65. The maximum Gasteiger partial charge on any atom is 0.335 e. The summed E-state index contributed by atoms with van der Waals surface area (Å²) in [7, 11) is 0. The summed E-state index contributed by atoms with van der Waals surface area (Å²) in [5.41, 5.74) is 1.30. The minimum absolute atomic E-state index is 0.0390. The van der Waals surface area contributed by atoms with Crippen LogP contribution in [-0.2, 0) is 11.3 Å². The van der Waals surface area contributed by atoms with E-state index in [1.165, 1.54) is 0 Å². The van der Waals surface area contributed by atoms with Crippen LogP contribution in [-0.4, -0.2) is 24.3 Å². The zero-order valence-electron chi connectivity index (χ0n) is 13.5. The highest BCUT2D eigenvalue weighted by atomic mass is 16.5. The molecular formula is C18H23NO4. The molecule has 0 amide bonds. The number of benzene rings is 1. The third kappa shape index (κ3) is 5.54. The number of hydrogen-bond donors (Lipinski definition) is 2. The summed E-state index contributed by atoms with van der Waals surface area (Å²) >= 11 is 0. The number of aromatic carboxylic acids is 1. The standard InChI is InChI=1S/C18H23NO4/c1-13(2)11-22-12-16(17-4-3-9-23-17)19-10-14-5-7-15(8-6-14)18(20)21/h3-9,13,16,19H,10-12H2,1-2H3,(H,20,21).